The monoisotopic (exact) mass is 230 g/mol. The molecule has 1 aromatic heterocycles. The number of aliphatic hydroxyl groups is 1. The van der Waals surface area contributed by atoms with Crippen LogP contribution in [0.2, 0.25) is 0 Å². The van der Waals surface area contributed by atoms with Crippen LogP contribution in [0.25, 0.3) is 0 Å². The van der Waals surface area contributed by atoms with Crippen LogP contribution >= 0.6 is 11.5 Å². The highest BCUT2D eigenvalue weighted by atomic mass is 32.1. The van der Waals surface area contributed by atoms with Gasteiger partial charge in [0, 0.05) is 38.3 Å². The zero-order valence-electron chi connectivity index (χ0n) is 9.23. The van der Waals surface area contributed by atoms with Gasteiger partial charge < -0.3 is 10.4 Å². The highest BCUT2D eigenvalue weighted by Gasteiger charge is 2.10. The van der Waals surface area contributed by atoms with Crippen LogP contribution in [0.4, 0.5) is 5.00 Å². The number of hydrogen-bond acceptors (Lipinski definition) is 6. The SMILES string of the molecule is CCN(CCCO)Cc1nnsc1NC. The van der Waals surface area contributed by atoms with Crippen molar-refractivity contribution >= 4 is 16.5 Å². The van der Waals surface area contributed by atoms with Crippen LogP contribution in [0, 0.1) is 0 Å². The summed E-state index contributed by atoms with van der Waals surface area (Å²) in [4.78, 5) is 2.24. The van der Waals surface area contributed by atoms with Crippen molar-refractivity contribution < 1.29 is 5.11 Å². The molecule has 6 heteroatoms. The molecule has 0 aromatic carbocycles. The van der Waals surface area contributed by atoms with Gasteiger partial charge in [0.25, 0.3) is 0 Å². The Labute approximate surface area is 94.3 Å². The lowest BCUT2D eigenvalue weighted by molar-refractivity contribution is 0.224. The first-order valence-electron chi connectivity index (χ1n) is 5.14. The lowest BCUT2D eigenvalue weighted by Gasteiger charge is -2.18. The highest BCUT2D eigenvalue weighted by Crippen LogP contribution is 2.18. The molecule has 2 N–H and O–H groups in total. The molecule has 0 amide bonds. The fourth-order valence-electron chi connectivity index (χ4n) is 1.36. The Balaban J connectivity index is 2.50. The summed E-state index contributed by atoms with van der Waals surface area (Å²) in [6, 6.07) is 0. The van der Waals surface area contributed by atoms with E-state index in [-0.39, 0.29) is 6.61 Å². The smallest absolute Gasteiger partial charge is 0.134 e. The fourth-order valence-corrected chi connectivity index (χ4v) is 1.88. The van der Waals surface area contributed by atoms with Gasteiger partial charge in [0.1, 0.15) is 10.7 Å². The Morgan fingerprint density at radius 3 is 2.93 bits per heavy atom. The molecule has 15 heavy (non-hydrogen) atoms. The third-order valence-electron chi connectivity index (χ3n) is 2.24. The minimum Gasteiger partial charge on any atom is -0.396 e. The molecular formula is C9H18N4OS. The van der Waals surface area contributed by atoms with Gasteiger partial charge in [-0.3, -0.25) is 4.90 Å². The lowest BCUT2D eigenvalue weighted by atomic mass is 10.3. The Bertz CT molecular complexity index is 279. The first kappa shape index (κ1) is 12.4. The van der Waals surface area contributed by atoms with Crippen LogP contribution in [0.3, 0.4) is 0 Å². The van der Waals surface area contributed by atoms with E-state index in [2.05, 4.69) is 26.7 Å². The predicted octanol–water partition coefficient (Wildman–Crippen LogP) is 0.784. The maximum atomic E-state index is 8.77. The quantitative estimate of drug-likeness (QED) is 0.725. The Morgan fingerprint density at radius 2 is 2.33 bits per heavy atom. The first-order valence-corrected chi connectivity index (χ1v) is 5.91. The topological polar surface area (TPSA) is 61.3 Å². The number of nitrogens with zero attached hydrogens (tertiary/aromatic N) is 3. The summed E-state index contributed by atoms with van der Waals surface area (Å²) in [7, 11) is 1.88. The van der Waals surface area contributed by atoms with Gasteiger partial charge in [0.2, 0.25) is 0 Å². The van der Waals surface area contributed by atoms with Crippen LogP contribution < -0.4 is 5.32 Å². The molecule has 1 aromatic rings. The number of nitrogens with one attached hydrogen (secondary N) is 1. The third kappa shape index (κ3) is 3.73. The van der Waals surface area contributed by atoms with Crippen molar-refractivity contribution in [3.8, 4) is 0 Å². The molecular weight excluding hydrogens is 212 g/mol. The second kappa shape index (κ2) is 6.71. The number of anilines is 1. The molecule has 86 valence electrons. The average Bonchev–Trinajstić information content (AvgIpc) is 2.71. The van der Waals surface area contributed by atoms with Gasteiger partial charge in [-0.05, 0) is 13.0 Å². The van der Waals surface area contributed by atoms with E-state index in [0.717, 1.165) is 36.8 Å². The molecule has 0 fully saturated rings. The van der Waals surface area contributed by atoms with E-state index in [9.17, 15) is 0 Å². The Morgan fingerprint density at radius 1 is 1.53 bits per heavy atom. The summed E-state index contributed by atoms with van der Waals surface area (Å²) in [6.45, 7) is 5.00. The molecule has 0 spiro atoms. The maximum Gasteiger partial charge on any atom is 0.134 e. The predicted molar refractivity (Wildman–Crippen MR) is 62.1 cm³/mol. The van der Waals surface area contributed by atoms with E-state index in [4.69, 9.17) is 5.11 Å². The van der Waals surface area contributed by atoms with Crippen molar-refractivity contribution in [2.75, 3.05) is 32.1 Å². The zero-order chi connectivity index (χ0) is 11.1. The van der Waals surface area contributed by atoms with Crippen LogP contribution in [0.15, 0.2) is 0 Å². The third-order valence-corrected chi connectivity index (χ3v) is 3.02. The summed E-state index contributed by atoms with van der Waals surface area (Å²) < 4.78 is 3.91. The van der Waals surface area contributed by atoms with E-state index < -0.39 is 0 Å². The van der Waals surface area contributed by atoms with Gasteiger partial charge in [-0.25, -0.2) is 0 Å². The van der Waals surface area contributed by atoms with Crippen molar-refractivity contribution in [3.05, 3.63) is 5.69 Å². The van der Waals surface area contributed by atoms with Crippen LogP contribution in [0.5, 0.6) is 0 Å². The van der Waals surface area contributed by atoms with Crippen LogP contribution in [0.1, 0.15) is 19.0 Å². The van der Waals surface area contributed by atoms with Crippen molar-refractivity contribution in [2.45, 2.75) is 19.9 Å². The number of aliphatic hydroxyl groups excluding tert-OH is 1. The largest absolute Gasteiger partial charge is 0.396 e. The minimum atomic E-state index is 0.241. The summed E-state index contributed by atoms with van der Waals surface area (Å²) in [5.74, 6) is 0. The molecule has 0 aliphatic carbocycles. The van der Waals surface area contributed by atoms with Crippen molar-refractivity contribution in [1.29, 1.82) is 0 Å². The molecule has 1 heterocycles. The minimum absolute atomic E-state index is 0.241. The molecule has 0 aliphatic heterocycles. The maximum absolute atomic E-state index is 8.77. The molecule has 0 radical (unpaired) electrons. The van der Waals surface area contributed by atoms with Gasteiger partial charge in [-0.2, -0.15) is 0 Å². The normalized spacial score (nSPS) is 10.9. The molecule has 0 bridgehead atoms. The molecule has 0 saturated carbocycles. The number of hydrogen-bond donors (Lipinski definition) is 2. The molecule has 0 aliphatic rings. The standard InChI is InChI=1S/C9H18N4OS/c1-3-13(5-4-6-14)7-8-9(10-2)15-12-11-8/h10,14H,3-7H2,1-2H3. The first-order chi connectivity index (χ1) is 7.31. The van der Waals surface area contributed by atoms with Gasteiger partial charge in [-0.1, -0.05) is 11.4 Å². The Kier molecular flexibility index (Phi) is 5.52. The lowest BCUT2D eigenvalue weighted by Crippen LogP contribution is -2.25. The molecule has 1 rings (SSSR count). The van der Waals surface area contributed by atoms with E-state index in [1.807, 2.05) is 7.05 Å². The van der Waals surface area contributed by atoms with Gasteiger partial charge in [-0.15, -0.1) is 5.10 Å². The van der Waals surface area contributed by atoms with E-state index in [0.29, 0.717) is 0 Å². The molecule has 0 atom stereocenters. The van der Waals surface area contributed by atoms with E-state index >= 15 is 0 Å². The highest BCUT2D eigenvalue weighted by molar-refractivity contribution is 7.10. The summed E-state index contributed by atoms with van der Waals surface area (Å²) in [6.07, 6.45) is 0.806. The van der Waals surface area contributed by atoms with Gasteiger partial charge >= 0.3 is 0 Å². The summed E-state index contributed by atoms with van der Waals surface area (Å²) >= 11 is 1.38. The molecule has 0 saturated heterocycles. The summed E-state index contributed by atoms with van der Waals surface area (Å²) in [5.41, 5.74) is 0.988. The molecule has 0 unspecified atom stereocenters. The van der Waals surface area contributed by atoms with Crippen LogP contribution in [-0.2, 0) is 6.54 Å². The molecule has 5 nitrogen and oxygen atoms in total. The van der Waals surface area contributed by atoms with Gasteiger partial charge in [0.15, 0.2) is 0 Å². The summed E-state index contributed by atoms with van der Waals surface area (Å²) in [5, 5.41) is 17.0. The van der Waals surface area contributed by atoms with Crippen molar-refractivity contribution in [2.24, 2.45) is 0 Å². The van der Waals surface area contributed by atoms with Crippen LogP contribution in [-0.4, -0.2) is 46.3 Å². The zero-order valence-corrected chi connectivity index (χ0v) is 10.0. The van der Waals surface area contributed by atoms with Crippen molar-refractivity contribution in [1.82, 2.24) is 14.5 Å². The van der Waals surface area contributed by atoms with Gasteiger partial charge in [0.05, 0.1) is 0 Å². The van der Waals surface area contributed by atoms with Crippen molar-refractivity contribution in [3.63, 3.8) is 0 Å². The second-order valence-electron chi connectivity index (χ2n) is 3.24. The number of rotatable bonds is 7. The van der Waals surface area contributed by atoms with E-state index in [1.165, 1.54) is 11.5 Å². The fraction of sp³-hybridized carbons (Fsp3) is 0.778. The Hall–Kier alpha value is -0.720. The number of aromatic nitrogens is 2. The average molecular weight is 230 g/mol. The van der Waals surface area contributed by atoms with E-state index in [1.54, 1.807) is 0 Å². The second-order valence-corrected chi connectivity index (χ2v) is 4.00.